The molecule has 2 heterocycles. The number of carbonyl (C=O) groups excluding carboxylic acids is 3. The monoisotopic (exact) mass is 385 g/mol. The fourth-order valence-corrected chi connectivity index (χ4v) is 4.64. The van der Waals surface area contributed by atoms with Crippen LogP contribution in [-0.4, -0.2) is 46.4 Å². The topological polar surface area (TPSA) is 98.7 Å². The normalized spacial score (nSPS) is 27.7. The minimum absolute atomic E-state index is 0.137. The van der Waals surface area contributed by atoms with Crippen molar-refractivity contribution in [1.29, 1.82) is 0 Å². The van der Waals surface area contributed by atoms with E-state index in [2.05, 4.69) is 10.6 Å². The average Bonchev–Trinajstić information content (AvgIpc) is 3.02. The first-order valence-electron chi connectivity index (χ1n) is 10.2. The van der Waals surface area contributed by atoms with Crippen LogP contribution in [0.1, 0.15) is 60.0 Å². The van der Waals surface area contributed by atoms with Crippen molar-refractivity contribution in [3.63, 3.8) is 0 Å². The van der Waals surface area contributed by atoms with Crippen LogP contribution in [0.5, 0.6) is 0 Å². The minimum Gasteiger partial charge on any atom is -0.396 e. The molecule has 3 N–H and O–H groups in total. The van der Waals surface area contributed by atoms with E-state index in [4.69, 9.17) is 0 Å². The van der Waals surface area contributed by atoms with E-state index in [1.807, 2.05) is 18.2 Å². The molecule has 3 atom stereocenters. The third kappa shape index (κ3) is 3.82. The second-order valence-electron chi connectivity index (χ2n) is 8.18. The lowest BCUT2D eigenvalue weighted by molar-refractivity contribution is -0.136. The van der Waals surface area contributed by atoms with Gasteiger partial charge >= 0.3 is 0 Å². The third-order valence-electron chi connectivity index (χ3n) is 6.22. The predicted octanol–water partition coefficient (Wildman–Crippen LogP) is 1.09. The van der Waals surface area contributed by atoms with E-state index in [1.165, 1.54) is 0 Å². The SMILES string of the molecule is O=C1CCC(N2Cc3cc(CN[C@H]4CCC[C@H](CO)C4)ccc3C2=O)C(=O)N1. The fourth-order valence-electron chi connectivity index (χ4n) is 4.64. The molecule has 0 radical (unpaired) electrons. The largest absolute Gasteiger partial charge is 0.396 e. The fraction of sp³-hybridized carbons (Fsp3) is 0.571. The first kappa shape index (κ1) is 19.1. The summed E-state index contributed by atoms with van der Waals surface area (Å²) >= 11 is 0. The van der Waals surface area contributed by atoms with Gasteiger partial charge in [0, 0.05) is 37.7 Å². The van der Waals surface area contributed by atoms with Crippen LogP contribution < -0.4 is 10.6 Å². The van der Waals surface area contributed by atoms with Crippen LogP contribution >= 0.6 is 0 Å². The number of carbonyl (C=O) groups is 3. The molecule has 0 bridgehead atoms. The van der Waals surface area contributed by atoms with Crippen LogP contribution in [0.15, 0.2) is 18.2 Å². The van der Waals surface area contributed by atoms with Crippen molar-refractivity contribution in [2.75, 3.05) is 6.61 Å². The lowest BCUT2D eigenvalue weighted by Crippen LogP contribution is -2.52. The summed E-state index contributed by atoms with van der Waals surface area (Å²) in [5.41, 5.74) is 2.69. The van der Waals surface area contributed by atoms with Crippen molar-refractivity contribution >= 4 is 17.7 Å². The molecule has 2 fully saturated rings. The summed E-state index contributed by atoms with van der Waals surface area (Å²) in [6.07, 6.45) is 5.02. The number of aliphatic hydroxyl groups is 1. The van der Waals surface area contributed by atoms with E-state index < -0.39 is 6.04 Å². The van der Waals surface area contributed by atoms with Gasteiger partial charge in [-0.15, -0.1) is 0 Å². The van der Waals surface area contributed by atoms with Gasteiger partial charge in [0.05, 0.1) is 0 Å². The van der Waals surface area contributed by atoms with Crippen molar-refractivity contribution in [3.05, 3.63) is 34.9 Å². The molecule has 7 nitrogen and oxygen atoms in total. The van der Waals surface area contributed by atoms with Crippen LogP contribution in [0.2, 0.25) is 0 Å². The number of hydrogen-bond donors (Lipinski definition) is 3. The van der Waals surface area contributed by atoms with E-state index >= 15 is 0 Å². The zero-order valence-corrected chi connectivity index (χ0v) is 15.9. The first-order valence-corrected chi connectivity index (χ1v) is 10.2. The average molecular weight is 385 g/mol. The molecule has 1 aliphatic carbocycles. The summed E-state index contributed by atoms with van der Waals surface area (Å²) in [5.74, 6) is -0.395. The van der Waals surface area contributed by atoms with Gasteiger partial charge in [0.15, 0.2) is 0 Å². The van der Waals surface area contributed by atoms with Crippen LogP contribution in [-0.2, 0) is 22.7 Å². The Hall–Kier alpha value is -2.25. The highest BCUT2D eigenvalue weighted by atomic mass is 16.3. The molecule has 1 unspecified atom stereocenters. The van der Waals surface area contributed by atoms with Gasteiger partial charge in [-0.3, -0.25) is 19.7 Å². The Morgan fingerprint density at radius 2 is 2.04 bits per heavy atom. The van der Waals surface area contributed by atoms with Crippen LogP contribution in [0.25, 0.3) is 0 Å². The van der Waals surface area contributed by atoms with Crippen molar-refractivity contribution in [2.45, 2.75) is 63.7 Å². The minimum atomic E-state index is -0.572. The molecule has 1 aromatic carbocycles. The van der Waals surface area contributed by atoms with E-state index in [0.29, 0.717) is 30.5 Å². The molecule has 3 amide bonds. The highest BCUT2D eigenvalue weighted by molar-refractivity contribution is 6.05. The zero-order chi connectivity index (χ0) is 19.7. The second-order valence-corrected chi connectivity index (χ2v) is 8.18. The number of nitrogens with one attached hydrogen (secondary N) is 2. The van der Waals surface area contributed by atoms with Crippen LogP contribution in [0.4, 0.5) is 0 Å². The molecule has 0 aromatic heterocycles. The molecule has 2 aliphatic heterocycles. The maximum absolute atomic E-state index is 12.7. The quantitative estimate of drug-likeness (QED) is 0.659. The van der Waals surface area contributed by atoms with Crippen molar-refractivity contribution in [1.82, 2.24) is 15.5 Å². The standard InChI is InChI=1S/C21H27N3O4/c25-12-14-2-1-3-16(9-14)22-10-13-4-5-17-15(8-13)11-24(21(17)28)18-6-7-19(26)23-20(18)27/h4-5,8,14,16,18,22,25H,1-3,6-7,9-12H2,(H,23,26,27)/t14-,16-,18?/m0/s1. The molecule has 4 rings (SSSR count). The number of amides is 3. The van der Waals surface area contributed by atoms with Crippen molar-refractivity contribution < 1.29 is 19.5 Å². The van der Waals surface area contributed by atoms with Gasteiger partial charge < -0.3 is 15.3 Å². The van der Waals surface area contributed by atoms with Gasteiger partial charge in [-0.2, -0.15) is 0 Å². The van der Waals surface area contributed by atoms with Crippen LogP contribution in [0.3, 0.4) is 0 Å². The molecule has 3 aliphatic rings. The number of benzene rings is 1. The molecule has 0 spiro atoms. The molecular formula is C21H27N3O4. The van der Waals surface area contributed by atoms with Gasteiger partial charge in [0.25, 0.3) is 5.91 Å². The number of piperidine rings is 1. The molecule has 1 aromatic rings. The molecule has 1 saturated carbocycles. The Kier molecular flexibility index (Phi) is 5.46. The van der Waals surface area contributed by atoms with E-state index in [1.54, 1.807) is 4.90 Å². The smallest absolute Gasteiger partial charge is 0.255 e. The molecule has 7 heteroatoms. The molecular weight excluding hydrogens is 358 g/mol. The Morgan fingerprint density at radius 3 is 2.82 bits per heavy atom. The van der Waals surface area contributed by atoms with E-state index in [9.17, 15) is 19.5 Å². The molecule has 150 valence electrons. The highest BCUT2D eigenvalue weighted by Gasteiger charge is 2.39. The number of fused-ring (bicyclic) bond motifs is 1. The number of imide groups is 1. The van der Waals surface area contributed by atoms with Crippen LogP contribution in [0, 0.1) is 5.92 Å². The Labute approximate surface area is 164 Å². The molecule has 28 heavy (non-hydrogen) atoms. The van der Waals surface area contributed by atoms with Crippen molar-refractivity contribution in [3.8, 4) is 0 Å². The highest BCUT2D eigenvalue weighted by Crippen LogP contribution is 2.29. The summed E-state index contributed by atoms with van der Waals surface area (Å²) in [6.45, 7) is 1.39. The van der Waals surface area contributed by atoms with Gasteiger partial charge in [-0.05, 0) is 48.8 Å². The van der Waals surface area contributed by atoms with Gasteiger partial charge in [-0.25, -0.2) is 0 Å². The van der Waals surface area contributed by atoms with Gasteiger partial charge in [-0.1, -0.05) is 18.6 Å². The van der Waals surface area contributed by atoms with E-state index in [0.717, 1.165) is 43.4 Å². The lowest BCUT2D eigenvalue weighted by atomic mass is 9.86. The Morgan fingerprint density at radius 1 is 1.18 bits per heavy atom. The summed E-state index contributed by atoms with van der Waals surface area (Å²) in [6, 6.07) is 5.69. The Bertz CT molecular complexity index is 794. The van der Waals surface area contributed by atoms with Crippen molar-refractivity contribution in [2.24, 2.45) is 5.92 Å². The van der Waals surface area contributed by atoms with Gasteiger partial charge in [0.2, 0.25) is 11.8 Å². The maximum atomic E-state index is 12.7. The van der Waals surface area contributed by atoms with Gasteiger partial charge in [0.1, 0.15) is 6.04 Å². The Balaban J connectivity index is 1.39. The zero-order valence-electron chi connectivity index (χ0n) is 15.9. The second kappa shape index (κ2) is 8.01. The van der Waals surface area contributed by atoms with E-state index in [-0.39, 0.29) is 30.7 Å². The predicted molar refractivity (Wildman–Crippen MR) is 102 cm³/mol. The first-order chi connectivity index (χ1) is 13.5. The maximum Gasteiger partial charge on any atom is 0.255 e. The number of hydrogen-bond acceptors (Lipinski definition) is 5. The summed E-state index contributed by atoms with van der Waals surface area (Å²) in [7, 11) is 0. The third-order valence-corrected chi connectivity index (χ3v) is 6.22. The summed E-state index contributed by atoms with van der Waals surface area (Å²) < 4.78 is 0. The number of rotatable bonds is 5. The molecule has 1 saturated heterocycles. The number of aliphatic hydroxyl groups excluding tert-OH is 1. The number of nitrogens with zero attached hydrogens (tertiary/aromatic N) is 1. The lowest BCUT2D eigenvalue weighted by Gasteiger charge is -2.29. The summed E-state index contributed by atoms with van der Waals surface area (Å²) in [5, 5.41) is 15.3. The summed E-state index contributed by atoms with van der Waals surface area (Å²) in [4.78, 5) is 37.8.